The lowest BCUT2D eigenvalue weighted by molar-refractivity contribution is -0.324. The second kappa shape index (κ2) is 16.3. The Morgan fingerprint density at radius 3 is 2.12 bits per heavy atom. The van der Waals surface area contributed by atoms with Gasteiger partial charge in [-0.3, -0.25) is 19.2 Å². The van der Waals surface area contributed by atoms with Gasteiger partial charge in [-0.25, -0.2) is 0 Å². The summed E-state index contributed by atoms with van der Waals surface area (Å²) in [6.45, 7) is 8.35. The second-order valence-electron chi connectivity index (χ2n) is 17.0. The van der Waals surface area contributed by atoms with Crippen LogP contribution < -0.4 is 0 Å². The first kappa shape index (κ1) is 44.0. The molecule has 5 aliphatic rings. The van der Waals surface area contributed by atoms with Crippen molar-refractivity contribution in [3.8, 4) is 17.2 Å². The lowest BCUT2D eigenvalue weighted by atomic mass is 9.58. The molecule has 328 valence electrons. The summed E-state index contributed by atoms with van der Waals surface area (Å²) >= 11 is 0. The van der Waals surface area contributed by atoms with Gasteiger partial charge in [0.25, 0.3) is 0 Å². The highest BCUT2D eigenvalue weighted by atomic mass is 16.7. The summed E-state index contributed by atoms with van der Waals surface area (Å²) in [5, 5.41) is 56.5. The number of ether oxygens (including phenoxy) is 7. The third-order valence-electron chi connectivity index (χ3n) is 13.2. The van der Waals surface area contributed by atoms with E-state index in [0.717, 1.165) is 19.2 Å². The summed E-state index contributed by atoms with van der Waals surface area (Å²) in [7, 11) is 4.87. The number of ketones is 3. The number of benzene rings is 2. The van der Waals surface area contributed by atoms with Crippen molar-refractivity contribution < 1.29 is 77.9 Å². The van der Waals surface area contributed by atoms with Crippen LogP contribution in [0.15, 0.2) is 18.2 Å². The topological polar surface area (TPSA) is 237 Å². The van der Waals surface area contributed by atoms with E-state index in [-0.39, 0.29) is 59.8 Å². The van der Waals surface area contributed by atoms with Crippen LogP contribution >= 0.6 is 0 Å². The van der Waals surface area contributed by atoms with Gasteiger partial charge in [0.15, 0.2) is 30.4 Å². The molecule has 0 amide bonds. The van der Waals surface area contributed by atoms with Crippen LogP contribution in [0.1, 0.15) is 122 Å². The maximum Gasteiger partial charge on any atom is 0.318 e. The number of aromatic hydroxyl groups is 3. The summed E-state index contributed by atoms with van der Waals surface area (Å²) < 4.78 is 42.8. The molecule has 17 nitrogen and oxygen atoms in total. The van der Waals surface area contributed by atoms with Gasteiger partial charge in [-0.15, -0.1) is 0 Å². The van der Waals surface area contributed by atoms with E-state index in [2.05, 4.69) is 0 Å². The standard InChI is InChI=1S/C43H55NO16/c1-9-43(53)17-29(35-24(42(43,5)41(52)54-8)14-23-34(38(35)51)37(50)33-22(36(23)49)12-21(45)13-27(33)47)58-31-15-25(44(6)7)39(19(3)56-31)60-32-16-28(48)40(20(4)57-32)59-30-11-10-26(46)18(2)55-30/h12-14,18-20,25,28-32,39-40,45,47-48,51,53H,9-11,15-17H2,1-8H3/t18?,19?,20?,25?,28?,29-,30?,31?,32?,39?,40?,42?,43+/m0/s1. The Kier molecular flexibility index (Phi) is 12.0. The van der Waals surface area contributed by atoms with Crippen LogP contribution in [0.3, 0.4) is 0 Å². The first-order valence-electron chi connectivity index (χ1n) is 20.4. The number of esters is 1. The van der Waals surface area contributed by atoms with Crippen molar-refractivity contribution in [3.05, 3.63) is 51.6 Å². The second-order valence-corrected chi connectivity index (χ2v) is 17.0. The molecule has 0 saturated carbocycles. The highest BCUT2D eigenvalue weighted by Crippen LogP contribution is 2.56. The largest absolute Gasteiger partial charge is 0.508 e. The van der Waals surface area contributed by atoms with Gasteiger partial charge in [-0.2, -0.15) is 0 Å². The molecule has 7 rings (SSSR count). The average Bonchev–Trinajstić information content (AvgIpc) is 3.18. The molecule has 17 heteroatoms. The molecular formula is C43H55NO16. The maximum absolute atomic E-state index is 14.0. The van der Waals surface area contributed by atoms with Gasteiger partial charge >= 0.3 is 5.97 Å². The number of carbonyl (C=O) groups is 4. The molecule has 60 heavy (non-hydrogen) atoms. The summed E-state index contributed by atoms with van der Waals surface area (Å²) in [6.07, 6.45) is -7.06. The minimum Gasteiger partial charge on any atom is -0.508 e. The molecule has 0 aromatic heterocycles. The van der Waals surface area contributed by atoms with Crippen LogP contribution in [-0.2, 0) is 48.2 Å². The minimum absolute atomic E-state index is 0.00123. The number of hydrogen-bond donors (Lipinski definition) is 5. The van der Waals surface area contributed by atoms with Crippen molar-refractivity contribution in [1.82, 2.24) is 4.90 Å². The van der Waals surface area contributed by atoms with Crippen LogP contribution in [0.2, 0.25) is 0 Å². The molecule has 2 aliphatic carbocycles. The van der Waals surface area contributed by atoms with E-state index in [1.165, 1.54) is 13.0 Å². The fourth-order valence-corrected chi connectivity index (χ4v) is 9.70. The molecule has 3 fully saturated rings. The quantitative estimate of drug-likeness (QED) is 0.195. The maximum atomic E-state index is 14.0. The van der Waals surface area contributed by atoms with Gasteiger partial charge in [0.2, 0.25) is 5.78 Å². The van der Waals surface area contributed by atoms with E-state index in [9.17, 15) is 44.7 Å². The predicted octanol–water partition coefficient (Wildman–Crippen LogP) is 3.04. The molecule has 3 heterocycles. The van der Waals surface area contributed by atoms with E-state index in [1.807, 2.05) is 19.0 Å². The molecule has 5 N–H and O–H groups in total. The molecule has 0 spiro atoms. The Bertz CT molecular complexity index is 2040. The zero-order valence-corrected chi connectivity index (χ0v) is 35.0. The van der Waals surface area contributed by atoms with Crippen molar-refractivity contribution in [2.75, 3.05) is 21.2 Å². The van der Waals surface area contributed by atoms with Crippen molar-refractivity contribution in [1.29, 1.82) is 0 Å². The summed E-state index contributed by atoms with van der Waals surface area (Å²) in [4.78, 5) is 55.6. The Morgan fingerprint density at radius 1 is 0.867 bits per heavy atom. The van der Waals surface area contributed by atoms with Crippen LogP contribution in [-0.4, -0.2) is 142 Å². The minimum atomic E-state index is -1.87. The fraction of sp³-hybridized carbons (Fsp3) is 0.628. The Balaban J connectivity index is 1.16. The van der Waals surface area contributed by atoms with Gasteiger partial charge in [0, 0.05) is 60.9 Å². The average molecular weight is 842 g/mol. The number of hydrogen-bond acceptors (Lipinski definition) is 17. The van der Waals surface area contributed by atoms with Crippen molar-refractivity contribution >= 4 is 23.3 Å². The third-order valence-corrected chi connectivity index (χ3v) is 13.2. The monoisotopic (exact) mass is 841 g/mol. The number of Topliss-reactive ketones (excluding diaryl/α,β-unsaturated/α-hetero) is 1. The molecule has 0 bridgehead atoms. The van der Waals surface area contributed by atoms with Gasteiger partial charge in [-0.1, -0.05) is 6.92 Å². The highest BCUT2D eigenvalue weighted by molar-refractivity contribution is 6.30. The van der Waals surface area contributed by atoms with E-state index in [0.29, 0.717) is 12.8 Å². The Labute approximate surface area is 347 Å². The lowest BCUT2D eigenvalue weighted by Crippen LogP contribution is -2.60. The van der Waals surface area contributed by atoms with Gasteiger partial charge < -0.3 is 63.6 Å². The predicted molar refractivity (Wildman–Crippen MR) is 208 cm³/mol. The number of methoxy groups -OCH3 is 1. The van der Waals surface area contributed by atoms with Crippen molar-refractivity contribution in [3.63, 3.8) is 0 Å². The number of likely N-dealkylation sites (N-methyl/N-ethyl adjacent to an activating group) is 1. The number of phenols is 3. The van der Waals surface area contributed by atoms with Crippen LogP contribution in [0, 0.1) is 0 Å². The zero-order chi connectivity index (χ0) is 43.7. The Morgan fingerprint density at radius 2 is 1.50 bits per heavy atom. The number of fused-ring (bicyclic) bond motifs is 3. The molecule has 3 aliphatic heterocycles. The lowest BCUT2D eigenvalue weighted by Gasteiger charge is -2.51. The number of nitrogens with zero attached hydrogens (tertiary/aromatic N) is 1. The SMILES string of the molecule is CC[C@@]1(O)C[C@H](OC2CC(N(C)C)C(OC3CC(O)C(OC4CCC(=O)C(C)O4)C(C)O3)C(C)O2)c2c(cc3c(c2O)C(=O)c2c(O)cc(O)cc2C3=O)C1(C)C(=O)OC. The highest BCUT2D eigenvalue weighted by Gasteiger charge is 2.61. The van der Waals surface area contributed by atoms with E-state index >= 15 is 0 Å². The first-order chi connectivity index (χ1) is 28.2. The number of rotatable bonds is 9. The molecule has 13 atom stereocenters. The Hall–Kier alpha value is -4.04. The number of carbonyl (C=O) groups excluding carboxylic acids is 4. The molecule has 2 aromatic carbocycles. The number of phenolic OH excluding ortho intramolecular Hbond substituents is 3. The molecule has 3 saturated heterocycles. The van der Waals surface area contributed by atoms with Gasteiger partial charge in [0.05, 0.1) is 48.3 Å². The summed E-state index contributed by atoms with van der Waals surface area (Å²) in [5.41, 5.74) is -5.21. The van der Waals surface area contributed by atoms with E-state index in [4.69, 9.17) is 33.2 Å². The van der Waals surface area contributed by atoms with Crippen LogP contribution in [0.25, 0.3) is 0 Å². The van der Waals surface area contributed by atoms with Gasteiger partial charge in [0.1, 0.15) is 41.0 Å². The summed E-state index contributed by atoms with van der Waals surface area (Å²) in [6, 6.07) is 2.87. The zero-order valence-electron chi connectivity index (χ0n) is 35.0. The number of aliphatic hydroxyl groups is 2. The van der Waals surface area contributed by atoms with E-state index in [1.54, 1.807) is 27.7 Å². The van der Waals surface area contributed by atoms with Crippen LogP contribution in [0.4, 0.5) is 0 Å². The fourth-order valence-electron chi connectivity index (χ4n) is 9.70. The number of aliphatic hydroxyl groups excluding tert-OH is 1. The third kappa shape index (κ3) is 7.30. The molecular weight excluding hydrogens is 786 g/mol. The van der Waals surface area contributed by atoms with E-state index < -0.39 is 119 Å². The van der Waals surface area contributed by atoms with Crippen LogP contribution in [0.5, 0.6) is 17.2 Å². The summed E-state index contributed by atoms with van der Waals surface area (Å²) in [5.74, 6) is -4.35. The molecule has 2 aromatic rings. The van der Waals surface area contributed by atoms with Crippen molar-refractivity contribution in [2.24, 2.45) is 0 Å². The van der Waals surface area contributed by atoms with Gasteiger partial charge in [-0.05, 0) is 65.9 Å². The smallest absolute Gasteiger partial charge is 0.318 e. The molecule has 11 unspecified atom stereocenters. The normalized spacial score (nSPS) is 36.7. The molecule has 0 radical (unpaired) electrons. The van der Waals surface area contributed by atoms with Crippen molar-refractivity contribution in [2.45, 2.75) is 152 Å². The first-order valence-corrected chi connectivity index (χ1v) is 20.4.